The molecule has 2 aromatic carbocycles. The van der Waals surface area contributed by atoms with Gasteiger partial charge in [0.05, 0.1) is 4.90 Å². The van der Waals surface area contributed by atoms with Crippen molar-refractivity contribution in [1.29, 1.82) is 0 Å². The van der Waals surface area contributed by atoms with Crippen LogP contribution in [-0.2, 0) is 10.0 Å². The molecule has 26 heavy (non-hydrogen) atoms. The third kappa shape index (κ3) is 3.83. The average molecular weight is 375 g/mol. The first-order chi connectivity index (χ1) is 12.4. The Bertz CT molecular complexity index is 890. The number of carbonyl (C=O) groups excluding carboxylic acids is 1. The highest BCUT2D eigenvalue weighted by Gasteiger charge is 2.30. The van der Waals surface area contributed by atoms with Crippen molar-refractivity contribution in [3.63, 3.8) is 0 Å². The molecule has 2 aromatic rings. The molecule has 1 heterocycles. The summed E-state index contributed by atoms with van der Waals surface area (Å²) < 4.78 is 27.3. The largest absolute Gasteiger partial charge is 0.336 e. The van der Waals surface area contributed by atoms with Crippen molar-refractivity contribution in [2.75, 3.05) is 26.2 Å². The standard InChI is InChI=1S/C19H25N3O3S/c1-3-15(2)20-19(23)21-10-12-22(13-11-21)26(24,25)18-9-8-16-6-4-5-7-17(16)14-18/h4-9,14-15H,3,10-13H2,1-2H3,(H,20,23)/t15-/m1/s1. The summed E-state index contributed by atoms with van der Waals surface area (Å²) in [6.07, 6.45) is 0.863. The number of hydrogen-bond donors (Lipinski definition) is 1. The van der Waals surface area contributed by atoms with Crippen LogP contribution in [0.1, 0.15) is 20.3 Å². The molecule has 7 heteroatoms. The van der Waals surface area contributed by atoms with Crippen LogP contribution in [0.15, 0.2) is 47.4 Å². The minimum absolute atomic E-state index is 0.113. The quantitative estimate of drug-likeness (QED) is 0.893. The van der Waals surface area contributed by atoms with Crippen LogP contribution in [0.5, 0.6) is 0 Å². The molecule has 0 spiro atoms. The Balaban J connectivity index is 1.70. The summed E-state index contributed by atoms with van der Waals surface area (Å²) in [6, 6.07) is 12.9. The van der Waals surface area contributed by atoms with Crippen LogP contribution in [0.3, 0.4) is 0 Å². The molecule has 1 atom stereocenters. The maximum absolute atomic E-state index is 12.9. The lowest BCUT2D eigenvalue weighted by Gasteiger charge is -2.34. The van der Waals surface area contributed by atoms with Crippen molar-refractivity contribution >= 4 is 26.8 Å². The highest BCUT2D eigenvalue weighted by molar-refractivity contribution is 7.89. The molecule has 0 aliphatic carbocycles. The molecule has 6 nitrogen and oxygen atoms in total. The molecule has 0 unspecified atom stereocenters. The van der Waals surface area contributed by atoms with Crippen LogP contribution in [0.4, 0.5) is 4.79 Å². The Morgan fingerprint density at radius 2 is 1.73 bits per heavy atom. The highest BCUT2D eigenvalue weighted by Crippen LogP contribution is 2.22. The number of piperazine rings is 1. The molecular weight excluding hydrogens is 350 g/mol. The third-order valence-electron chi connectivity index (χ3n) is 4.87. The van der Waals surface area contributed by atoms with Gasteiger partial charge < -0.3 is 10.2 Å². The summed E-state index contributed by atoms with van der Waals surface area (Å²) in [6.45, 7) is 5.38. The lowest BCUT2D eigenvalue weighted by molar-refractivity contribution is 0.169. The molecular formula is C19H25N3O3S. The monoisotopic (exact) mass is 375 g/mol. The van der Waals surface area contributed by atoms with Gasteiger partial charge in [-0.1, -0.05) is 37.3 Å². The van der Waals surface area contributed by atoms with Crippen LogP contribution in [0, 0.1) is 0 Å². The van der Waals surface area contributed by atoms with E-state index in [1.54, 1.807) is 17.0 Å². The van der Waals surface area contributed by atoms with Gasteiger partial charge >= 0.3 is 6.03 Å². The number of amides is 2. The summed E-state index contributed by atoms with van der Waals surface area (Å²) >= 11 is 0. The molecule has 0 radical (unpaired) electrons. The Morgan fingerprint density at radius 3 is 2.38 bits per heavy atom. The number of urea groups is 1. The number of nitrogens with zero attached hydrogens (tertiary/aromatic N) is 2. The Kier molecular flexibility index (Phi) is 5.48. The maximum atomic E-state index is 12.9. The number of benzene rings is 2. The van der Waals surface area contributed by atoms with Crippen LogP contribution < -0.4 is 5.32 Å². The summed E-state index contributed by atoms with van der Waals surface area (Å²) in [5.41, 5.74) is 0. The zero-order valence-electron chi connectivity index (χ0n) is 15.2. The van der Waals surface area contributed by atoms with E-state index in [0.29, 0.717) is 31.1 Å². The predicted molar refractivity (Wildman–Crippen MR) is 103 cm³/mol. The van der Waals surface area contributed by atoms with E-state index in [2.05, 4.69) is 5.32 Å². The van der Waals surface area contributed by atoms with Crippen molar-refractivity contribution in [2.24, 2.45) is 0 Å². The topological polar surface area (TPSA) is 69.7 Å². The second kappa shape index (κ2) is 7.63. The number of carbonyl (C=O) groups is 1. The molecule has 1 aliphatic heterocycles. The zero-order chi connectivity index (χ0) is 18.7. The summed E-state index contributed by atoms with van der Waals surface area (Å²) in [7, 11) is -3.56. The lowest BCUT2D eigenvalue weighted by Crippen LogP contribution is -2.54. The van der Waals surface area contributed by atoms with Crippen molar-refractivity contribution in [3.8, 4) is 0 Å². The molecule has 2 amide bonds. The fourth-order valence-corrected chi connectivity index (χ4v) is 4.47. The molecule has 3 rings (SSSR count). The Morgan fingerprint density at radius 1 is 1.08 bits per heavy atom. The number of sulfonamides is 1. The SMILES string of the molecule is CC[C@@H](C)NC(=O)N1CCN(S(=O)(=O)c2ccc3ccccc3c2)CC1. The van der Waals surface area contributed by atoms with Gasteiger partial charge in [0.2, 0.25) is 10.0 Å². The van der Waals surface area contributed by atoms with E-state index in [4.69, 9.17) is 0 Å². The van der Waals surface area contributed by atoms with Crippen LogP contribution >= 0.6 is 0 Å². The zero-order valence-corrected chi connectivity index (χ0v) is 16.0. The second-order valence-corrected chi connectivity index (χ2v) is 8.60. The molecule has 0 bridgehead atoms. The van der Waals surface area contributed by atoms with E-state index in [1.807, 2.05) is 44.2 Å². The summed E-state index contributed by atoms with van der Waals surface area (Å²) in [4.78, 5) is 14.2. The Labute approximate surface area is 154 Å². The number of hydrogen-bond acceptors (Lipinski definition) is 3. The van der Waals surface area contributed by atoms with Gasteiger partial charge in [-0.3, -0.25) is 0 Å². The van der Waals surface area contributed by atoms with Gasteiger partial charge in [-0.05, 0) is 36.2 Å². The van der Waals surface area contributed by atoms with Crippen LogP contribution in [0.2, 0.25) is 0 Å². The van der Waals surface area contributed by atoms with Gasteiger partial charge in [-0.25, -0.2) is 13.2 Å². The van der Waals surface area contributed by atoms with Crippen LogP contribution in [0.25, 0.3) is 10.8 Å². The van der Waals surface area contributed by atoms with E-state index in [1.165, 1.54) is 4.31 Å². The maximum Gasteiger partial charge on any atom is 0.317 e. The van der Waals surface area contributed by atoms with Crippen molar-refractivity contribution < 1.29 is 13.2 Å². The van der Waals surface area contributed by atoms with Gasteiger partial charge in [-0.2, -0.15) is 4.31 Å². The van der Waals surface area contributed by atoms with E-state index in [9.17, 15) is 13.2 Å². The van der Waals surface area contributed by atoms with E-state index >= 15 is 0 Å². The molecule has 1 aliphatic rings. The predicted octanol–water partition coefficient (Wildman–Crippen LogP) is 2.65. The molecule has 1 saturated heterocycles. The van der Waals surface area contributed by atoms with Crippen molar-refractivity contribution in [1.82, 2.24) is 14.5 Å². The molecule has 1 fully saturated rings. The number of fused-ring (bicyclic) bond motifs is 1. The van der Waals surface area contributed by atoms with Crippen molar-refractivity contribution in [2.45, 2.75) is 31.2 Å². The van der Waals surface area contributed by atoms with Crippen molar-refractivity contribution in [3.05, 3.63) is 42.5 Å². The number of nitrogens with one attached hydrogen (secondary N) is 1. The fraction of sp³-hybridized carbons (Fsp3) is 0.421. The lowest BCUT2D eigenvalue weighted by atomic mass is 10.1. The smallest absolute Gasteiger partial charge is 0.317 e. The van der Waals surface area contributed by atoms with Gasteiger partial charge in [0, 0.05) is 32.2 Å². The average Bonchev–Trinajstić information content (AvgIpc) is 2.67. The van der Waals surface area contributed by atoms with Gasteiger partial charge in [0.15, 0.2) is 0 Å². The molecule has 0 saturated carbocycles. The first-order valence-corrected chi connectivity index (χ1v) is 10.4. The Hall–Kier alpha value is -2.12. The summed E-state index contributed by atoms with van der Waals surface area (Å²) in [5.74, 6) is 0. The first kappa shape index (κ1) is 18.7. The molecule has 140 valence electrons. The highest BCUT2D eigenvalue weighted by atomic mass is 32.2. The number of rotatable bonds is 4. The van der Waals surface area contributed by atoms with Crippen LogP contribution in [-0.4, -0.2) is 55.9 Å². The molecule has 0 aromatic heterocycles. The van der Waals surface area contributed by atoms with E-state index < -0.39 is 10.0 Å². The minimum Gasteiger partial charge on any atom is -0.336 e. The van der Waals surface area contributed by atoms with Gasteiger partial charge in [0.1, 0.15) is 0 Å². The first-order valence-electron chi connectivity index (χ1n) is 8.96. The van der Waals surface area contributed by atoms with Gasteiger partial charge in [0.25, 0.3) is 0 Å². The second-order valence-electron chi connectivity index (χ2n) is 6.66. The van der Waals surface area contributed by atoms with Gasteiger partial charge in [-0.15, -0.1) is 0 Å². The van der Waals surface area contributed by atoms with E-state index in [-0.39, 0.29) is 12.1 Å². The summed E-state index contributed by atoms with van der Waals surface area (Å²) in [5, 5.41) is 4.84. The molecule has 1 N–H and O–H groups in total. The minimum atomic E-state index is -3.56. The third-order valence-corrected chi connectivity index (χ3v) is 6.76. The normalized spacial score (nSPS) is 17.2. The fourth-order valence-electron chi connectivity index (χ4n) is 3.01. The van der Waals surface area contributed by atoms with E-state index in [0.717, 1.165) is 17.2 Å².